The third-order valence-corrected chi connectivity index (χ3v) is 11.6. The Balaban J connectivity index is 2.16. The van der Waals surface area contributed by atoms with Crippen molar-refractivity contribution in [3.05, 3.63) is 41.2 Å². The Morgan fingerprint density at radius 2 is 1.65 bits per heavy atom. The molecule has 26 heavy (non-hydrogen) atoms. The summed E-state index contributed by atoms with van der Waals surface area (Å²) in [6.45, 7) is 7.60. The SMILES string of the molecule is C=C(C)[C@@H]1CC[C@](C)(S[P+](=S)Sc2c(F)c(F)c(F)c(F)c2F)[C@@H](O)C1. The Bertz CT molecular complexity index is 731. The van der Waals surface area contributed by atoms with Crippen molar-refractivity contribution < 1.29 is 27.1 Å². The number of halogens is 5. The fourth-order valence-electron chi connectivity index (χ4n) is 2.75. The molecule has 1 aliphatic rings. The van der Waals surface area contributed by atoms with E-state index >= 15 is 0 Å². The summed E-state index contributed by atoms with van der Waals surface area (Å²) < 4.78 is 66.7. The molecule has 1 unspecified atom stereocenters. The van der Waals surface area contributed by atoms with Crippen LogP contribution in [0.25, 0.3) is 0 Å². The number of rotatable bonds is 5. The molecule has 0 radical (unpaired) electrons. The largest absolute Gasteiger partial charge is 0.392 e. The first-order chi connectivity index (χ1) is 12.0. The van der Waals surface area contributed by atoms with Crippen LogP contribution in [0.15, 0.2) is 17.0 Å². The van der Waals surface area contributed by atoms with Crippen LogP contribution in [0.4, 0.5) is 22.0 Å². The van der Waals surface area contributed by atoms with Crippen molar-refractivity contribution in [3.8, 4) is 0 Å². The fraction of sp³-hybridized carbons (Fsp3) is 0.500. The lowest BCUT2D eigenvalue weighted by atomic mass is 9.77. The third kappa shape index (κ3) is 4.43. The van der Waals surface area contributed by atoms with Crippen LogP contribution >= 0.6 is 27.9 Å². The third-order valence-electron chi connectivity index (χ3n) is 4.52. The van der Waals surface area contributed by atoms with E-state index in [9.17, 15) is 27.1 Å². The lowest BCUT2D eigenvalue weighted by Crippen LogP contribution is -2.41. The Morgan fingerprint density at radius 1 is 1.15 bits per heavy atom. The summed E-state index contributed by atoms with van der Waals surface area (Å²) in [7, 11) is 0. The highest BCUT2D eigenvalue weighted by atomic mass is 33.2. The first-order valence-electron chi connectivity index (χ1n) is 7.67. The van der Waals surface area contributed by atoms with Crippen LogP contribution in [-0.4, -0.2) is 16.0 Å². The van der Waals surface area contributed by atoms with E-state index in [-0.39, 0.29) is 5.92 Å². The number of hydrogen-bond acceptors (Lipinski definition) is 4. The quantitative estimate of drug-likeness (QED) is 0.183. The van der Waals surface area contributed by atoms with E-state index in [1.54, 1.807) is 6.92 Å². The maximum atomic E-state index is 13.8. The Kier molecular flexibility index (Phi) is 7.16. The van der Waals surface area contributed by atoms with Crippen molar-refractivity contribution in [1.29, 1.82) is 0 Å². The van der Waals surface area contributed by atoms with E-state index in [2.05, 4.69) is 6.58 Å². The summed E-state index contributed by atoms with van der Waals surface area (Å²) in [6.07, 6.45) is 1.21. The van der Waals surface area contributed by atoms with Gasteiger partial charge in [-0.15, -0.1) is 0 Å². The number of hydrogen-bond donors (Lipinski definition) is 1. The van der Waals surface area contributed by atoms with E-state index < -0.39 is 49.9 Å². The predicted octanol–water partition coefficient (Wildman–Crippen LogP) is 6.48. The summed E-state index contributed by atoms with van der Waals surface area (Å²) in [5, 5.41) is 8.82. The molecule has 4 atom stereocenters. The van der Waals surface area contributed by atoms with Crippen LogP contribution < -0.4 is 0 Å². The van der Waals surface area contributed by atoms with Crippen molar-refractivity contribution in [2.45, 2.75) is 48.9 Å². The first-order valence-corrected chi connectivity index (χ1v) is 12.9. The van der Waals surface area contributed by atoms with Gasteiger partial charge in [-0.25, -0.2) is 22.0 Å². The predicted molar refractivity (Wildman–Crippen MR) is 101 cm³/mol. The maximum Gasteiger partial charge on any atom is 0.323 e. The van der Waals surface area contributed by atoms with Crippen molar-refractivity contribution in [3.63, 3.8) is 0 Å². The average Bonchev–Trinajstić information content (AvgIpc) is 2.57. The second-order valence-electron chi connectivity index (χ2n) is 6.45. The molecule has 10 heteroatoms. The molecule has 2 rings (SSSR count). The van der Waals surface area contributed by atoms with Gasteiger partial charge in [0, 0.05) is 0 Å². The zero-order valence-electron chi connectivity index (χ0n) is 14.0. The highest BCUT2D eigenvalue weighted by Gasteiger charge is 2.46. The standard InChI is InChI=1S/C16H17F5OPS3/c1-7(2)8-4-5-16(3,9(22)6-8)26-23(24)25-15-13(20)11(18)10(17)12(19)14(15)21/h8-9,22H,1,4-6H2,2-3H3/q+1/t8-,9+,16+/m1/s1. The summed E-state index contributed by atoms with van der Waals surface area (Å²) in [4.78, 5) is -0.969. The molecule has 1 N–H and O–H groups in total. The summed E-state index contributed by atoms with van der Waals surface area (Å²) in [5.74, 6) is -9.71. The van der Waals surface area contributed by atoms with Crippen molar-refractivity contribution in [2.75, 3.05) is 0 Å². The minimum Gasteiger partial charge on any atom is -0.392 e. The fourth-order valence-corrected chi connectivity index (χ4v) is 11.5. The van der Waals surface area contributed by atoms with E-state index in [0.29, 0.717) is 24.2 Å². The van der Waals surface area contributed by atoms with E-state index in [1.165, 1.54) is 0 Å². The molecule has 144 valence electrons. The van der Waals surface area contributed by atoms with Crippen LogP contribution in [0, 0.1) is 35.0 Å². The molecule has 1 fully saturated rings. The average molecular weight is 447 g/mol. The van der Waals surface area contributed by atoms with Crippen LogP contribution in [0.5, 0.6) is 0 Å². The maximum absolute atomic E-state index is 13.8. The van der Waals surface area contributed by atoms with Gasteiger partial charge in [-0.05, 0) is 39.0 Å². The Labute approximate surface area is 162 Å². The molecule has 0 aromatic heterocycles. The van der Waals surface area contributed by atoms with Gasteiger partial charge in [-0.1, -0.05) is 12.2 Å². The molecule has 1 aromatic rings. The van der Waals surface area contributed by atoms with Gasteiger partial charge in [0.05, 0.1) is 10.9 Å². The van der Waals surface area contributed by atoms with E-state index in [1.807, 2.05) is 6.92 Å². The molecule has 0 spiro atoms. The lowest BCUT2D eigenvalue weighted by molar-refractivity contribution is 0.0804. The molecular formula is C16H17F5OPS3+. The molecule has 1 saturated carbocycles. The van der Waals surface area contributed by atoms with Gasteiger partial charge in [0.25, 0.3) is 0 Å². The van der Waals surface area contributed by atoms with Crippen molar-refractivity contribution in [1.82, 2.24) is 0 Å². The van der Waals surface area contributed by atoms with Crippen LogP contribution in [0.2, 0.25) is 0 Å². The molecule has 1 nitrogen and oxygen atoms in total. The second-order valence-corrected chi connectivity index (χ2v) is 15.1. The number of benzene rings is 1. The van der Waals surface area contributed by atoms with Gasteiger partial charge >= 0.3 is 5.10 Å². The summed E-state index contributed by atoms with van der Waals surface area (Å²) in [6, 6.07) is 0. The molecule has 0 amide bonds. The van der Waals surface area contributed by atoms with Gasteiger partial charge in [0.1, 0.15) is 27.7 Å². The minimum atomic E-state index is -2.19. The monoisotopic (exact) mass is 447 g/mol. The van der Waals surface area contributed by atoms with Crippen LogP contribution in [-0.2, 0) is 11.8 Å². The molecular weight excluding hydrogens is 430 g/mol. The highest BCUT2D eigenvalue weighted by molar-refractivity contribution is 8.94. The van der Waals surface area contributed by atoms with Crippen LogP contribution in [0.3, 0.4) is 0 Å². The van der Waals surface area contributed by atoms with Gasteiger partial charge in [0.2, 0.25) is 5.82 Å². The Hall–Kier alpha value is -0.210. The number of aliphatic hydroxyl groups excluding tert-OH is 1. The molecule has 1 aliphatic carbocycles. The smallest absolute Gasteiger partial charge is 0.323 e. The highest BCUT2D eigenvalue weighted by Crippen LogP contribution is 2.63. The molecule has 1 aromatic carbocycles. The Morgan fingerprint density at radius 3 is 2.12 bits per heavy atom. The van der Waals surface area contributed by atoms with E-state index in [0.717, 1.165) is 23.4 Å². The summed E-state index contributed by atoms with van der Waals surface area (Å²) in [5.41, 5.74) is 0.979. The van der Waals surface area contributed by atoms with Crippen LogP contribution in [0.1, 0.15) is 33.1 Å². The normalized spacial score (nSPS) is 26.7. The van der Waals surface area contributed by atoms with Gasteiger partial charge < -0.3 is 5.11 Å². The molecule has 0 saturated heterocycles. The minimum absolute atomic E-state index is 0.192. The topological polar surface area (TPSA) is 20.2 Å². The lowest BCUT2D eigenvalue weighted by Gasteiger charge is -2.38. The second kappa shape index (κ2) is 8.43. The zero-order chi connectivity index (χ0) is 19.8. The van der Waals surface area contributed by atoms with E-state index in [4.69, 9.17) is 11.8 Å². The van der Waals surface area contributed by atoms with Crippen molar-refractivity contribution in [2.24, 2.45) is 5.92 Å². The van der Waals surface area contributed by atoms with Gasteiger partial charge in [-0.3, -0.25) is 0 Å². The first kappa shape index (κ1) is 22.1. The number of allylic oxidation sites excluding steroid dienone is 1. The van der Waals surface area contributed by atoms with Gasteiger partial charge in [0.15, 0.2) is 35.1 Å². The zero-order valence-corrected chi connectivity index (χ0v) is 17.3. The number of aliphatic hydroxyl groups is 1. The molecule has 0 bridgehead atoms. The van der Waals surface area contributed by atoms with Gasteiger partial charge in [-0.2, -0.15) is 0 Å². The summed E-state index contributed by atoms with van der Waals surface area (Å²) >= 11 is 6.85. The van der Waals surface area contributed by atoms with Crippen molar-refractivity contribution >= 4 is 39.7 Å². The molecule has 0 aliphatic heterocycles. The molecule has 0 heterocycles.